The minimum atomic E-state index is -1.57. The Kier molecular flexibility index (Phi) is 4.87. The van der Waals surface area contributed by atoms with Crippen molar-refractivity contribution in [3.63, 3.8) is 0 Å². The van der Waals surface area contributed by atoms with Crippen molar-refractivity contribution in [1.29, 1.82) is 0 Å². The zero-order valence-electron chi connectivity index (χ0n) is 9.51. The Morgan fingerprint density at radius 2 is 2.00 bits per heavy atom. The van der Waals surface area contributed by atoms with E-state index in [9.17, 15) is 9.59 Å². The molecule has 0 fully saturated rings. The van der Waals surface area contributed by atoms with Crippen molar-refractivity contribution in [3.8, 4) is 0 Å². The number of hydrogen-bond donors (Lipinski definition) is 3. The van der Waals surface area contributed by atoms with Gasteiger partial charge in [0.05, 0.1) is 0 Å². The number of rotatable bonds is 5. The molecule has 0 aromatic heterocycles. The van der Waals surface area contributed by atoms with Gasteiger partial charge >= 0.3 is 7.12 Å². The van der Waals surface area contributed by atoms with Gasteiger partial charge in [-0.25, -0.2) is 0 Å². The molecule has 0 aliphatic carbocycles. The monoisotopic (exact) mass is 235 g/mol. The van der Waals surface area contributed by atoms with Crippen LogP contribution in [0.1, 0.15) is 19.8 Å². The maximum Gasteiger partial charge on any atom is 0.488 e. The van der Waals surface area contributed by atoms with E-state index in [1.807, 2.05) is 0 Å². The van der Waals surface area contributed by atoms with E-state index < -0.39 is 7.12 Å². The van der Waals surface area contributed by atoms with Gasteiger partial charge in [0.1, 0.15) is 5.78 Å². The fourth-order valence-corrected chi connectivity index (χ4v) is 1.29. The number of carbonyl (C=O) groups excluding carboxylic acids is 2. The summed E-state index contributed by atoms with van der Waals surface area (Å²) in [4.78, 5) is 22.1. The summed E-state index contributed by atoms with van der Waals surface area (Å²) in [5, 5.41) is 20.5. The van der Waals surface area contributed by atoms with E-state index in [0.717, 1.165) is 0 Å². The maximum absolute atomic E-state index is 11.4. The van der Waals surface area contributed by atoms with Crippen molar-refractivity contribution in [2.24, 2.45) is 0 Å². The van der Waals surface area contributed by atoms with Crippen LogP contribution in [0.2, 0.25) is 0 Å². The lowest BCUT2D eigenvalue weighted by Crippen LogP contribution is -2.30. The molecule has 0 aliphatic heterocycles. The number of amides is 1. The lowest BCUT2D eigenvalue weighted by Gasteiger charge is -2.06. The van der Waals surface area contributed by atoms with Crippen LogP contribution < -0.4 is 10.8 Å². The molecule has 3 N–H and O–H groups in total. The largest absolute Gasteiger partial charge is 0.488 e. The molecule has 0 unspecified atom stereocenters. The molecule has 1 amide bonds. The molecule has 0 aliphatic rings. The molecule has 1 aromatic carbocycles. The first-order chi connectivity index (χ1) is 7.99. The maximum atomic E-state index is 11.4. The summed E-state index contributed by atoms with van der Waals surface area (Å²) in [6.45, 7) is 1.43. The molecule has 0 bridgehead atoms. The van der Waals surface area contributed by atoms with Crippen LogP contribution in [-0.4, -0.2) is 28.9 Å². The zero-order chi connectivity index (χ0) is 12.8. The third kappa shape index (κ3) is 4.80. The number of ketones is 1. The molecule has 0 radical (unpaired) electrons. The van der Waals surface area contributed by atoms with E-state index >= 15 is 0 Å². The highest BCUT2D eigenvalue weighted by atomic mass is 16.4. The van der Waals surface area contributed by atoms with E-state index in [0.29, 0.717) is 11.2 Å². The summed E-state index contributed by atoms with van der Waals surface area (Å²) in [5.74, 6) is -0.315. The topological polar surface area (TPSA) is 86.6 Å². The van der Waals surface area contributed by atoms with Crippen LogP contribution in [0, 0.1) is 0 Å². The first-order valence-corrected chi connectivity index (χ1v) is 5.24. The minimum Gasteiger partial charge on any atom is -0.423 e. The van der Waals surface area contributed by atoms with Crippen molar-refractivity contribution in [3.05, 3.63) is 24.3 Å². The van der Waals surface area contributed by atoms with Gasteiger partial charge in [0.2, 0.25) is 5.91 Å². The number of anilines is 1. The first-order valence-electron chi connectivity index (χ1n) is 5.24. The Bertz CT molecular complexity index is 420. The third-order valence-corrected chi connectivity index (χ3v) is 2.17. The number of benzene rings is 1. The lowest BCUT2D eigenvalue weighted by atomic mass is 9.80. The van der Waals surface area contributed by atoms with Gasteiger partial charge in [0, 0.05) is 18.5 Å². The van der Waals surface area contributed by atoms with Crippen molar-refractivity contribution in [2.75, 3.05) is 5.32 Å². The molecular weight excluding hydrogens is 221 g/mol. The first kappa shape index (κ1) is 13.4. The summed E-state index contributed by atoms with van der Waals surface area (Å²) in [7, 11) is -1.57. The Labute approximate surface area is 99.6 Å². The van der Waals surface area contributed by atoms with Crippen molar-refractivity contribution < 1.29 is 19.6 Å². The Balaban J connectivity index is 2.59. The zero-order valence-corrected chi connectivity index (χ0v) is 9.51. The highest BCUT2D eigenvalue weighted by Crippen LogP contribution is 2.05. The molecule has 0 spiro atoms. The quantitative estimate of drug-likeness (QED) is 0.610. The van der Waals surface area contributed by atoms with E-state index in [4.69, 9.17) is 10.0 Å². The molecule has 0 atom stereocenters. The highest BCUT2D eigenvalue weighted by molar-refractivity contribution is 6.58. The van der Waals surface area contributed by atoms with Crippen LogP contribution in [-0.2, 0) is 9.59 Å². The van der Waals surface area contributed by atoms with Crippen LogP contribution in [0.15, 0.2) is 24.3 Å². The molecule has 90 valence electrons. The summed E-state index contributed by atoms with van der Waals surface area (Å²) in [6.07, 6.45) is 0.329. The predicted molar refractivity (Wildman–Crippen MR) is 64.8 cm³/mol. The van der Waals surface area contributed by atoms with Crippen molar-refractivity contribution >= 4 is 30.0 Å². The van der Waals surface area contributed by atoms with Gasteiger partial charge in [0.25, 0.3) is 0 Å². The van der Waals surface area contributed by atoms with E-state index in [2.05, 4.69) is 5.32 Å². The Morgan fingerprint density at radius 3 is 2.59 bits per heavy atom. The normalized spacial score (nSPS) is 9.82. The second-order valence-corrected chi connectivity index (χ2v) is 3.75. The van der Waals surface area contributed by atoms with E-state index in [1.54, 1.807) is 12.1 Å². The molecule has 5 nitrogen and oxygen atoms in total. The standard InChI is InChI=1S/C11H14BNO4/c1-8(14)5-6-11(15)13-10-4-2-3-9(7-10)12(16)17/h2-4,7,16-17H,5-6H2,1H3,(H,13,15). The molecule has 0 saturated carbocycles. The molecule has 1 rings (SSSR count). The number of hydrogen-bond acceptors (Lipinski definition) is 4. The van der Waals surface area contributed by atoms with E-state index in [-0.39, 0.29) is 24.5 Å². The SMILES string of the molecule is CC(=O)CCC(=O)Nc1cccc(B(O)O)c1. The summed E-state index contributed by atoms with van der Waals surface area (Å²) >= 11 is 0. The fourth-order valence-electron chi connectivity index (χ4n) is 1.29. The van der Waals surface area contributed by atoms with Crippen LogP contribution in [0.3, 0.4) is 0 Å². The van der Waals surface area contributed by atoms with Crippen molar-refractivity contribution in [1.82, 2.24) is 0 Å². The van der Waals surface area contributed by atoms with Gasteiger partial charge < -0.3 is 20.2 Å². The number of carbonyl (C=O) groups is 2. The highest BCUT2D eigenvalue weighted by Gasteiger charge is 2.11. The molecule has 1 aromatic rings. The smallest absolute Gasteiger partial charge is 0.423 e. The van der Waals surface area contributed by atoms with Gasteiger partial charge in [-0.1, -0.05) is 12.1 Å². The summed E-state index contributed by atoms with van der Waals surface area (Å²) < 4.78 is 0. The average Bonchev–Trinajstić information content (AvgIpc) is 2.26. The van der Waals surface area contributed by atoms with E-state index in [1.165, 1.54) is 19.1 Å². The molecular formula is C11H14BNO4. The predicted octanol–water partition coefficient (Wildman–Crippen LogP) is -0.326. The molecule has 17 heavy (non-hydrogen) atoms. The van der Waals surface area contributed by atoms with Crippen LogP contribution >= 0.6 is 0 Å². The lowest BCUT2D eigenvalue weighted by molar-refractivity contribution is -0.121. The minimum absolute atomic E-state index is 0.0420. The van der Waals surface area contributed by atoms with Gasteiger partial charge in [-0.2, -0.15) is 0 Å². The molecule has 0 saturated heterocycles. The van der Waals surface area contributed by atoms with Gasteiger partial charge in [-0.15, -0.1) is 0 Å². The van der Waals surface area contributed by atoms with Crippen LogP contribution in [0.25, 0.3) is 0 Å². The number of nitrogens with one attached hydrogen (secondary N) is 1. The van der Waals surface area contributed by atoms with Crippen LogP contribution in [0.5, 0.6) is 0 Å². The van der Waals surface area contributed by atoms with Crippen LogP contribution in [0.4, 0.5) is 5.69 Å². The van der Waals surface area contributed by atoms with Gasteiger partial charge in [-0.3, -0.25) is 4.79 Å². The van der Waals surface area contributed by atoms with Gasteiger partial charge in [-0.05, 0) is 24.5 Å². The average molecular weight is 235 g/mol. The number of Topliss-reactive ketones (excluding diaryl/α,β-unsaturated/α-hetero) is 1. The molecule has 6 heteroatoms. The van der Waals surface area contributed by atoms with Crippen molar-refractivity contribution in [2.45, 2.75) is 19.8 Å². The summed E-state index contributed by atoms with van der Waals surface area (Å²) in [6, 6.07) is 6.25. The second-order valence-electron chi connectivity index (χ2n) is 3.75. The second kappa shape index (κ2) is 6.17. The Morgan fingerprint density at radius 1 is 1.29 bits per heavy atom. The van der Waals surface area contributed by atoms with Gasteiger partial charge in [0.15, 0.2) is 0 Å². The Hall–Kier alpha value is -1.66. The fraction of sp³-hybridized carbons (Fsp3) is 0.273. The third-order valence-electron chi connectivity index (χ3n) is 2.17. The molecule has 0 heterocycles. The summed E-state index contributed by atoms with van der Waals surface area (Å²) in [5.41, 5.74) is 0.776.